The number of hydrogen-bond acceptors (Lipinski definition) is 5. The van der Waals surface area contributed by atoms with Gasteiger partial charge in [-0.25, -0.2) is 0 Å². The molecule has 0 saturated carbocycles. The fraction of sp³-hybridized carbons (Fsp3) is 0.129. The Morgan fingerprint density at radius 1 is 0.811 bits per heavy atom. The highest BCUT2D eigenvalue weighted by Gasteiger charge is 2.18. The number of rotatable bonds is 9. The van der Waals surface area contributed by atoms with E-state index in [-0.39, 0.29) is 11.5 Å². The lowest BCUT2D eigenvalue weighted by Gasteiger charge is -2.12. The molecule has 0 aliphatic rings. The van der Waals surface area contributed by atoms with E-state index in [0.29, 0.717) is 17.3 Å². The van der Waals surface area contributed by atoms with Crippen molar-refractivity contribution in [1.29, 1.82) is 0 Å². The molecule has 4 aromatic carbocycles. The summed E-state index contributed by atoms with van der Waals surface area (Å²) in [6, 6.07) is 33.9. The van der Waals surface area contributed by atoms with Crippen molar-refractivity contribution in [3.05, 3.63) is 114 Å². The minimum atomic E-state index is 0.0444. The molecule has 6 heteroatoms. The number of hydrogen-bond donors (Lipinski definition) is 0. The first-order valence-corrected chi connectivity index (χ1v) is 13.2. The van der Waals surface area contributed by atoms with Gasteiger partial charge in [0.1, 0.15) is 5.75 Å². The standard InChI is InChI=1S/C31H27N3O2S/c1-3-36-28-18-16-27(17-19-28)34-30(26-11-7-8-22(2)20-26)32-33-31(34)37-21-29(35)25-14-12-24(13-15-25)23-9-5-4-6-10-23/h4-20H,3,21H2,1-2H3. The molecule has 0 saturated heterocycles. The van der Waals surface area contributed by atoms with Crippen LogP contribution in [0.15, 0.2) is 108 Å². The van der Waals surface area contributed by atoms with Gasteiger partial charge in [-0.3, -0.25) is 9.36 Å². The zero-order valence-corrected chi connectivity index (χ0v) is 21.6. The molecule has 5 aromatic rings. The number of aromatic nitrogens is 3. The molecular formula is C31H27N3O2S. The predicted molar refractivity (Wildman–Crippen MR) is 150 cm³/mol. The van der Waals surface area contributed by atoms with E-state index in [4.69, 9.17) is 4.74 Å². The van der Waals surface area contributed by atoms with Crippen molar-refractivity contribution in [3.8, 4) is 34.0 Å². The number of carbonyl (C=O) groups excluding carboxylic acids is 1. The molecule has 0 radical (unpaired) electrons. The van der Waals surface area contributed by atoms with Crippen LogP contribution in [0, 0.1) is 6.92 Å². The Bertz CT molecular complexity index is 1490. The maximum atomic E-state index is 13.1. The molecule has 1 heterocycles. The summed E-state index contributed by atoms with van der Waals surface area (Å²) >= 11 is 1.39. The summed E-state index contributed by atoms with van der Waals surface area (Å²) in [5, 5.41) is 9.64. The Labute approximate surface area is 221 Å². The second-order valence-electron chi connectivity index (χ2n) is 8.59. The second kappa shape index (κ2) is 11.3. The van der Waals surface area contributed by atoms with Gasteiger partial charge in [-0.1, -0.05) is 90.1 Å². The van der Waals surface area contributed by atoms with Crippen LogP contribution in [-0.2, 0) is 0 Å². The molecule has 0 unspecified atom stereocenters. The third-order valence-corrected chi connectivity index (χ3v) is 6.89. The first-order chi connectivity index (χ1) is 18.1. The summed E-state index contributed by atoms with van der Waals surface area (Å²) in [5.41, 5.74) is 5.91. The summed E-state index contributed by atoms with van der Waals surface area (Å²) in [6.07, 6.45) is 0. The molecular weight excluding hydrogens is 478 g/mol. The van der Waals surface area contributed by atoms with Crippen molar-refractivity contribution >= 4 is 17.5 Å². The molecule has 0 N–H and O–H groups in total. The molecule has 0 fully saturated rings. The summed E-state index contributed by atoms with van der Waals surface area (Å²) in [6.45, 7) is 4.62. The average molecular weight is 506 g/mol. The molecule has 5 nitrogen and oxygen atoms in total. The van der Waals surface area contributed by atoms with Crippen LogP contribution < -0.4 is 4.74 Å². The van der Waals surface area contributed by atoms with E-state index in [1.165, 1.54) is 11.8 Å². The van der Waals surface area contributed by atoms with Gasteiger partial charge in [0.15, 0.2) is 16.8 Å². The normalized spacial score (nSPS) is 10.9. The van der Waals surface area contributed by atoms with Crippen LogP contribution in [0.5, 0.6) is 5.75 Å². The molecule has 0 aliphatic heterocycles. The van der Waals surface area contributed by atoms with Gasteiger partial charge in [0.25, 0.3) is 0 Å². The lowest BCUT2D eigenvalue weighted by atomic mass is 10.0. The highest BCUT2D eigenvalue weighted by Crippen LogP contribution is 2.30. The molecule has 0 bridgehead atoms. The van der Waals surface area contributed by atoms with Gasteiger partial charge in [-0.05, 0) is 55.3 Å². The summed E-state index contributed by atoms with van der Waals surface area (Å²) in [4.78, 5) is 13.1. The van der Waals surface area contributed by atoms with Crippen molar-refractivity contribution in [3.63, 3.8) is 0 Å². The number of aryl methyl sites for hydroxylation is 1. The average Bonchev–Trinajstić information content (AvgIpc) is 3.37. The van der Waals surface area contributed by atoms with E-state index in [9.17, 15) is 4.79 Å². The Morgan fingerprint density at radius 3 is 2.22 bits per heavy atom. The van der Waals surface area contributed by atoms with E-state index >= 15 is 0 Å². The quantitative estimate of drug-likeness (QED) is 0.156. The van der Waals surface area contributed by atoms with Crippen LogP contribution in [-0.4, -0.2) is 32.9 Å². The summed E-state index contributed by atoms with van der Waals surface area (Å²) in [5.74, 6) is 1.84. The number of ketones is 1. The number of thioether (sulfide) groups is 1. The Kier molecular flexibility index (Phi) is 7.47. The van der Waals surface area contributed by atoms with Crippen molar-refractivity contribution in [1.82, 2.24) is 14.8 Å². The number of benzene rings is 4. The highest BCUT2D eigenvalue weighted by molar-refractivity contribution is 7.99. The van der Waals surface area contributed by atoms with Gasteiger partial charge in [0.05, 0.1) is 12.4 Å². The Balaban J connectivity index is 1.40. The monoisotopic (exact) mass is 505 g/mol. The van der Waals surface area contributed by atoms with E-state index in [1.54, 1.807) is 0 Å². The van der Waals surface area contributed by atoms with E-state index < -0.39 is 0 Å². The minimum Gasteiger partial charge on any atom is -0.494 e. The van der Waals surface area contributed by atoms with Crippen LogP contribution in [0.1, 0.15) is 22.8 Å². The first-order valence-electron chi connectivity index (χ1n) is 12.2. The number of carbonyl (C=O) groups is 1. The zero-order chi connectivity index (χ0) is 25.6. The fourth-order valence-corrected chi connectivity index (χ4v) is 4.96. The molecule has 1 aromatic heterocycles. The molecule has 37 heavy (non-hydrogen) atoms. The van der Waals surface area contributed by atoms with Gasteiger partial charge in [0.2, 0.25) is 0 Å². The third kappa shape index (κ3) is 5.65. The largest absolute Gasteiger partial charge is 0.494 e. The van der Waals surface area contributed by atoms with Gasteiger partial charge in [0, 0.05) is 16.8 Å². The Morgan fingerprint density at radius 2 is 1.51 bits per heavy atom. The summed E-state index contributed by atoms with van der Waals surface area (Å²) < 4.78 is 7.61. The van der Waals surface area contributed by atoms with Crippen LogP contribution in [0.4, 0.5) is 0 Å². The lowest BCUT2D eigenvalue weighted by Crippen LogP contribution is -2.05. The SMILES string of the molecule is CCOc1ccc(-n2c(SCC(=O)c3ccc(-c4ccccc4)cc3)nnc2-c2cccc(C)c2)cc1. The van der Waals surface area contributed by atoms with Gasteiger partial charge in [-0.15, -0.1) is 10.2 Å². The van der Waals surface area contributed by atoms with E-state index in [2.05, 4.69) is 41.4 Å². The lowest BCUT2D eigenvalue weighted by molar-refractivity contribution is 0.102. The highest BCUT2D eigenvalue weighted by atomic mass is 32.2. The van der Waals surface area contributed by atoms with Crippen molar-refractivity contribution in [2.45, 2.75) is 19.0 Å². The van der Waals surface area contributed by atoms with Gasteiger partial charge >= 0.3 is 0 Å². The molecule has 0 amide bonds. The first kappa shape index (κ1) is 24.5. The number of Topliss-reactive ketones (excluding diaryl/α,β-unsaturated/α-hetero) is 1. The topological polar surface area (TPSA) is 57.0 Å². The minimum absolute atomic E-state index is 0.0444. The van der Waals surface area contributed by atoms with Crippen LogP contribution in [0.2, 0.25) is 0 Å². The Hall–Kier alpha value is -4.16. The third-order valence-electron chi connectivity index (χ3n) is 5.96. The van der Waals surface area contributed by atoms with Crippen LogP contribution in [0.25, 0.3) is 28.2 Å². The zero-order valence-electron chi connectivity index (χ0n) is 20.8. The predicted octanol–water partition coefficient (Wildman–Crippen LogP) is 7.28. The van der Waals surface area contributed by atoms with Crippen molar-refractivity contribution < 1.29 is 9.53 Å². The second-order valence-corrected chi connectivity index (χ2v) is 9.54. The smallest absolute Gasteiger partial charge is 0.196 e. The van der Waals surface area contributed by atoms with Crippen LogP contribution in [0.3, 0.4) is 0 Å². The summed E-state index contributed by atoms with van der Waals surface area (Å²) in [7, 11) is 0. The number of nitrogens with zero attached hydrogens (tertiary/aromatic N) is 3. The fourth-order valence-electron chi connectivity index (χ4n) is 4.12. The maximum Gasteiger partial charge on any atom is 0.196 e. The van der Waals surface area contributed by atoms with Gasteiger partial charge in [-0.2, -0.15) is 0 Å². The van der Waals surface area contributed by atoms with Gasteiger partial charge < -0.3 is 4.74 Å². The van der Waals surface area contributed by atoms with E-state index in [0.717, 1.165) is 39.5 Å². The molecule has 5 rings (SSSR count). The molecule has 184 valence electrons. The number of ether oxygens (including phenoxy) is 1. The van der Waals surface area contributed by atoms with E-state index in [1.807, 2.05) is 90.4 Å². The molecule has 0 spiro atoms. The van der Waals surface area contributed by atoms with Crippen molar-refractivity contribution in [2.75, 3.05) is 12.4 Å². The van der Waals surface area contributed by atoms with Crippen LogP contribution >= 0.6 is 11.8 Å². The molecule has 0 aliphatic carbocycles. The maximum absolute atomic E-state index is 13.1. The van der Waals surface area contributed by atoms with Crippen molar-refractivity contribution in [2.24, 2.45) is 0 Å². The molecule has 0 atom stereocenters.